The summed E-state index contributed by atoms with van der Waals surface area (Å²) in [6.07, 6.45) is 4.96. The van der Waals surface area contributed by atoms with Gasteiger partial charge in [-0.2, -0.15) is 0 Å². The maximum Gasteiger partial charge on any atom is 0.220 e. The molecule has 3 heterocycles. The molecule has 1 fully saturated rings. The highest BCUT2D eigenvalue weighted by Gasteiger charge is 2.13. The third-order valence-corrected chi connectivity index (χ3v) is 3.32. The van der Waals surface area contributed by atoms with Crippen molar-refractivity contribution in [2.75, 3.05) is 31.7 Å². The summed E-state index contributed by atoms with van der Waals surface area (Å²) in [6, 6.07) is 0. The van der Waals surface area contributed by atoms with E-state index in [0.29, 0.717) is 0 Å². The molecule has 1 aliphatic rings. The van der Waals surface area contributed by atoms with Crippen molar-refractivity contribution >= 4 is 16.5 Å². The molecular weight excluding hydrogens is 252 g/mol. The number of nitrogens with zero attached hydrogens (tertiary/aromatic N) is 5. The third kappa shape index (κ3) is 2.61. The molecule has 3 rings (SSSR count). The van der Waals surface area contributed by atoms with Crippen LogP contribution >= 0.6 is 11.3 Å². The lowest BCUT2D eigenvalue weighted by Crippen LogP contribution is -2.40. The van der Waals surface area contributed by atoms with Crippen LogP contribution in [0.1, 0.15) is 0 Å². The number of ether oxygens (including phenoxy) is 1. The molecule has 7 nitrogen and oxygen atoms in total. The number of rotatable bonds is 3. The second-order valence-electron chi connectivity index (χ2n) is 3.71. The van der Waals surface area contributed by atoms with Crippen molar-refractivity contribution in [2.45, 2.75) is 0 Å². The Morgan fingerprint density at radius 1 is 1.22 bits per heavy atom. The molecule has 0 saturated carbocycles. The zero-order valence-corrected chi connectivity index (χ0v) is 10.4. The van der Waals surface area contributed by atoms with E-state index in [9.17, 15) is 0 Å². The van der Waals surface area contributed by atoms with Gasteiger partial charge in [0.05, 0.1) is 19.4 Å². The standard InChI is InChI=1S/C10H12N6OS/c1-2-12-8(7-11-1)9-13-14-10(18-9)15-16-3-5-17-6-4-16/h1-2,7H,3-6H2,(H,14,15). The fourth-order valence-electron chi connectivity index (χ4n) is 1.59. The van der Waals surface area contributed by atoms with E-state index in [2.05, 4.69) is 30.6 Å². The SMILES string of the molecule is c1cnc(-c2nnc(NN3CCOCC3)s2)cn1. The Balaban J connectivity index is 1.69. The van der Waals surface area contributed by atoms with Crippen LogP contribution in [0.5, 0.6) is 0 Å². The van der Waals surface area contributed by atoms with Crippen molar-refractivity contribution in [3.05, 3.63) is 18.6 Å². The van der Waals surface area contributed by atoms with Gasteiger partial charge in [0.2, 0.25) is 5.13 Å². The van der Waals surface area contributed by atoms with Gasteiger partial charge in [-0.05, 0) is 0 Å². The lowest BCUT2D eigenvalue weighted by atomic mass is 10.5. The van der Waals surface area contributed by atoms with Crippen LogP contribution in [0.25, 0.3) is 10.7 Å². The summed E-state index contributed by atoms with van der Waals surface area (Å²) >= 11 is 1.46. The molecule has 0 bridgehead atoms. The Bertz CT molecular complexity index is 498. The monoisotopic (exact) mass is 264 g/mol. The van der Waals surface area contributed by atoms with Crippen LogP contribution in [0.4, 0.5) is 5.13 Å². The highest BCUT2D eigenvalue weighted by molar-refractivity contribution is 7.18. The van der Waals surface area contributed by atoms with Crippen molar-refractivity contribution in [1.82, 2.24) is 25.2 Å². The van der Waals surface area contributed by atoms with Gasteiger partial charge >= 0.3 is 0 Å². The normalized spacial score (nSPS) is 16.7. The minimum absolute atomic E-state index is 0.739. The molecule has 1 aliphatic heterocycles. The summed E-state index contributed by atoms with van der Waals surface area (Å²) < 4.78 is 5.28. The first-order valence-electron chi connectivity index (χ1n) is 5.61. The fraction of sp³-hybridized carbons (Fsp3) is 0.400. The lowest BCUT2D eigenvalue weighted by molar-refractivity contribution is 0.0496. The van der Waals surface area contributed by atoms with Crippen molar-refractivity contribution < 1.29 is 4.74 Å². The highest BCUT2D eigenvalue weighted by atomic mass is 32.1. The van der Waals surface area contributed by atoms with Crippen molar-refractivity contribution in [1.29, 1.82) is 0 Å². The maximum atomic E-state index is 5.28. The van der Waals surface area contributed by atoms with E-state index in [1.807, 2.05) is 0 Å². The minimum atomic E-state index is 0.739. The number of morpholine rings is 1. The molecule has 0 amide bonds. The average molecular weight is 264 g/mol. The molecule has 0 aromatic carbocycles. The van der Waals surface area contributed by atoms with Gasteiger partial charge in [-0.3, -0.25) is 15.4 Å². The Morgan fingerprint density at radius 2 is 2.11 bits per heavy atom. The predicted octanol–water partition coefficient (Wildman–Crippen LogP) is 0.654. The van der Waals surface area contributed by atoms with E-state index < -0.39 is 0 Å². The van der Waals surface area contributed by atoms with Crippen LogP contribution in [0.2, 0.25) is 0 Å². The number of hydrazine groups is 1. The largest absolute Gasteiger partial charge is 0.379 e. The van der Waals surface area contributed by atoms with Crippen LogP contribution < -0.4 is 5.43 Å². The van der Waals surface area contributed by atoms with Gasteiger partial charge in [0.1, 0.15) is 5.69 Å². The van der Waals surface area contributed by atoms with Crippen LogP contribution in [-0.4, -0.2) is 51.5 Å². The number of nitrogens with one attached hydrogen (secondary N) is 1. The van der Waals surface area contributed by atoms with E-state index in [0.717, 1.165) is 42.1 Å². The molecule has 0 atom stereocenters. The Kier molecular flexibility index (Phi) is 3.40. The molecule has 0 aliphatic carbocycles. The average Bonchev–Trinajstić information content (AvgIpc) is 2.89. The van der Waals surface area contributed by atoms with Gasteiger partial charge < -0.3 is 4.74 Å². The molecule has 1 saturated heterocycles. The van der Waals surface area contributed by atoms with E-state index in [-0.39, 0.29) is 0 Å². The molecule has 0 radical (unpaired) electrons. The summed E-state index contributed by atoms with van der Waals surface area (Å²) in [7, 11) is 0. The summed E-state index contributed by atoms with van der Waals surface area (Å²) in [5.41, 5.74) is 3.96. The first kappa shape index (κ1) is 11.5. The molecule has 2 aromatic rings. The molecule has 1 N–H and O–H groups in total. The van der Waals surface area contributed by atoms with Crippen molar-refractivity contribution in [3.8, 4) is 10.7 Å². The zero-order valence-electron chi connectivity index (χ0n) is 9.61. The Hall–Kier alpha value is -1.64. The second-order valence-corrected chi connectivity index (χ2v) is 4.69. The van der Waals surface area contributed by atoms with Crippen molar-refractivity contribution in [2.24, 2.45) is 0 Å². The second kappa shape index (κ2) is 5.34. The molecule has 94 valence electrons. The van der Waals surface area contributed by atoms with Crippen LogP contribution in [0.15, 0.2) is 18.6 Å². The van der Waals surface area contributed by atoms with Gasteiger partial charge in [0.25, 0.3) is 0 Å². The molecule has 18 heavy (non-hydrogen) atoms. The Labute approximate surface area is 108 Å². The Morgan fingerprint density at radius 3 is 2.89 bits per heavy atom. The predicted molar refractivity (Wildman–Crippen MR) is 66.9 cm³/mol. The lowest BCUT2D eigenvalue weighted by Gasteiger charge is -2.26. The molecule has 8 heteroatoms. The summed E-state index contributed by atoms with van der Waals surface area (Å²) in [5, 5.41) is 11.8. The fourth-order valence-corrected chi connectivity index (χ4v) is 2.32. The first-order valence-corrected chi connectivity index (χ1v) is 6.43. The van der Waals surface area contributed by atoms with E-state index in [1.54, 1.807) is 18.6 Å². The summed E-state index contributed by atoms with van der Waals surface area (Å²) in [5.74, 6) is 0. The minimum Gasteiger partial charge on any atom is -0.379 e. The quantitative estimate of drug-likeness (QED) is 0.872. The first-order chi connectivity index (χ1) is 8.92. The number of hydrogen-bond acceptors (Lipinski definition) is 8. The van der Waals surface area contributed by atoms with Crippen LogP contribution in [0, 0.1) is 0 Å². The summed E-state index contributed by atoms with van der Waals surface area (Å²) in [6.45, 7) is 3.17. The summed E-state index contributed by atoms with van der Waals surface area (Å²) in [4.78, 5) is 8.21. The highest BCUT2D eigenvalue weighted by Crippen LogP contribution is 2.24. The number of hydrogen-bond donors (Lipinski definition) is 1. The number of aromatic nitrogens is 4. The smallest absolute Gasteiger partial charge is 0.220 e. The van der Waals surface area contributed by atoms with Crippen molar-refractivity contribution in [3.63, 3.8) is 0 Å². The van der Waals surface area contributed by atoms with Gasteiger partial charge in [0.15, 0.2) is 5.01 Å². The number of anilines is 1. The van der Waals surface area contributed by atoms with Crippen LogP contribution in [-0.2, 0) is 4.74 Å². The molecule has 0 spiro atoms. The van der Waals surface area contributed by atoms with E-state index >= 15 is 0 Å². The van der Waals surface area contributed by atoms with E-state index in [4.69, 9.17) is 4.74 Å². The van der Waals surface area contributed by atoms with Gasteiger partial charge in [-0.1, -0.05) is 11.3 Å². The third-order valence-electron chi connectivity index (χ3n) is 2.47. The van der Waals surface area contributed by atoms with E-state index in [1.165, 1.54) is 11.3 Å². The van der Waals surface area contributed by atoms with Crippen LogP contribution in [0.3, 0.4) is 0 Å². The van der Waals surface area contributed by atoms with Gasteiger partial charge in [-0.25, -0.2) is 5.01 Å². The molecule has 2 aromatic heterocycles. The van der Waals surface area contributed by atoms with Gasteiger partial charge in [-0.15, -0.1) is 10.2 Å². The molecule has 0 unspecified atom stereocenters. The molecular formula is C10H12N6OS. The van der Waals surface area contributed by atoms with Gasteiger partial charge in [0, 0.05) is 25.5 Å². The maximum absolute atomic E-state index is 5.28. The topological polar surface area (TPSA) is 76.1 Å². The zero-order chi connectivity index (χ0) is 12.2.